The molecule has 1 heterocycles. The summed E-state index contributed by atoms with van der Waals surface area (Å²) in [5, 5.41) is 3.22. The number of para-hydroxylation sites is 1. The van der Waals surface area contributed by atoms with Crippen LogP contribution in [0, 0.1) is 0 Å². The fourth-order valence-corrected chi connectivity index (χ4v) is 2.05. The molecule has 1 aromatic carbocycles. The molecule has 4 nitrogen and oxygen atoms in total. The molecular weight excluding hydrogens is 276 g/mol. The van der Waals surface area contributed by atoms with Crippen LogP contribution in [0.5, 0.6) is 5.75 Å². The number of benzene rings is 1. The van der Waals surface area contributed by atoms with Crippen LogP contribution in [0.4, 0.5) is 0 Å². The van der Waals surface area contributed by atoms with Crippen LogP contribution in [0.15, 0.2) is 42.7 Å². The Balaban J connectivity index is 1.93. The summed E-state index contributed by atoms with van der Waals surface area (Å²) < 4.78 is 5.26. The smallest absolute Gasteiger partial charge is 0.254 e. The van der Waals surface area contributed by atoms with Gasteiger partial charge in [-0.2, -0.15) is 0 Å². The molecule has 1 amide bonds. The number of hydrogen-bond acceptors (Lipinski definition) is 3. The Kier molecular flexibility index (Phi) is 4.96. The number of ether oxygens (including phenoxy) is 1. The van der Waals surface area contributed by atoms with Crippen LogP contribution in [-0.2, 0) is 6.42 Å². The molecule has 0 aliphatic carbocycles. The van der Waals surface area contributed by atoms with E-state index in [1.54, 1.807) is 19.4 Å². The topological polar surface area (TPSA) is 51.2 Å². The quantitative estimate of drug-likeness (QED) is 0.921. The summed E-state index contributed by atoms with van der Waals surface area (Å²) in [6.07, 6.45) is 3.70. The number of carbonyl (C=O) groups is 1. The first-order chi connectivity index (χ1) is 9.72. The van der Waals surface area contributed by atoms with Crippen LogP contribution in [0.1, 0.15) is 15.9 Å². The molecule has 0 fully saturated rings. The van der Waals surface area contributed by atoms with Gasteiger partial charge in [0.25, 0.3) is 5.91 Å². The van der Waals surface area contributed by atoms with Crippen molar-refractivity contribution in [2.45, 2.75) is 6.42 Å². The molecule has 20 heavy (non-hydrogen) atoms. The van der Waals surface area contributed by atoms with Crippen molar-refractivity contribution in [2.24, 2.45) is 0 Å². The fraction of sp³-hybridized carbons (Fsp3) is 0.200. The summed E-state index contributed by atoms with van der Waals surface area (Å²) in [5.41, 5.74) is 1.43. The first-order valence-electron chi connectivity index (χ1n) is 6.22. The average Bonchev–Trinajstić information content (AvgIpc) is 2.48. The largest absolute Gasteiger partial charge is 0.496 e. The number of hydrogen-bond donors (Lipinski definition) is 1. The average molecular weight is 291 g/mol. The van der Waals surface area contributed by atoms with Gasteiger partial charge in [0.15, 0.2) is 0 Å². The highest BCUT2D eigenvalue weighted by atomic mass is 35.5. The van der Waals surface area contributed by atoms with E-state index in [1.807, 2.05) is 24.3 Å². The van der Waals surface area contributed by atoms with E-state index in [2.05, 4.69) is 10.3 Å². The maximum absolute atomic E-state index is 11.9. The monoisotopic (exact) mass is 290 g/mol. The normalized spacial score (nSPS) is 10.1. The number of amides is 1. The van der Waals surface area contributed by atoms with Gasteiger partial charge in [0.2, 0.25) is 0 Å². The molecule has 2 rings (SSSR count). The van der Waals surface area contributed by atoms with Crippen LogP contribution in [0.25, 0.3) is 0 Å². The van der Waals surface area contributed by atoms with Crippen LogP contribution in [-0.4, -0.2) is 24.5 Å². The molecule has 1 N–H and O–H groups in total. The molecule has 0 saturated heterocycles. The van der Waals surface area contributed by atoms with Crippen LogP contribution >= 0.6 is 11.6 Å². The van der Waals surface area contributed by atoms with E-state index in [0.717, 1.165) is 11.3 Å². The van der Waals surface area contributed by atoms with Crippen LogP contribution in [0.3, 0.4) is 0 Å². The minimum Gasteiger partial charge on any atom is -0.496 e. The van der Waals surface area contributed by atoms with E-state index in [4.69, 9.17) is 16.3 Å². The summed E-state index contributed by atoms with van der Waals surface area (Å²) in [5.74, 6) is 0.596. The highest BCUT2D eigenvalue weighted by Gasteiger charge is 2.10. The highest BCUT2D eigenvalue weighted by Crippen LogP contribution is 2.17. The third-order valence-electron chi connectivity index (χ3n) is 2.88. The van der Waals surface area contributed by atoms with Crippen LogP contribution in [0.2, 0.25) is 5.02 Å². The third kappa shape index (κ3) is 3.48. The minimum absolute atomic E-state index is 0.224. The van der Waals surface area contributed by atoms with Crippen molar-refractivity contribution in [3.8, 4) is 5.75 Å². The lowest BCUT2D eigenvalue weighted by Crippen LogP contribution is -2.26. The Hall–Kier alpha value is -2.07. The predicted octanol–water partition coefficient (Wildman–Crippen LogP) is 2.72. The van der Waals surface area contributed by atoms with Gasteiger partial charge in [0.05, 0.1) is 17.7 Å². The molecule has 0 saturated carbocycles. The number of nitrogens with one attached hydrogen (secondary N) is 1. The molecule has 0 aliphatic heterocycles. The molecule has 5 heteroatoms. The SMILES string of the molecule is COc1ccccc1CCNC(=O)c1cnccc1Cl. The molecule has 0 radical (unpaired) electrons. The third-order valence-corrected chi connectivity index (χ3v) is 3.21. The Morgan fingerprint density at radius 3 is 2.90 bits per heavy atom. The lowest BCUT2D eigenvalue weighted by atomic mass is 10.1. The summed E-state index contributed by atoms with van der Waals surface area (Å²) in [6, 6.07) is 9.32. The van der Waals surface area contributed by atoms with Gasteiger partial charge in [0.1, 0.15) is 5.75 Å². The second-order valence-corrected chi connectivity index (χ2v) is 4.58. The highest BCUT2D eigenvalue weighted by molar-refractivity contribution is 6.33. The predicted molar refractivity (Wildman–Crippen MR) is 78.3 cm³/mol. The first-order valence-corrected chi connectivity index (χ1v) is 6.59. The number of rotatable bonds is 5. The second-order valence-electron chi connectivity index (χ2n) is 4.17. The zero-order chi connectivity index (χ0) is 14.4. The number of methoxy groups -OCH3 is 1. The molecule has 104 valence electrons. The second kappa shape index (κ2) is 6.91. The molecule has 1 aromatic heterocycles. The zero-order valence-corrected chi connectivity index (χ0v) is 11.9. The summed E-state index contributed by atoms with van der Waals surface area (Å²) in [7, 11) is 1.63. The van der Waals surface area contributed by atoms with Crippen molar-refractivity contribution in [2.75, 3.05) is 13.7 Å². The van der Waals surface area contributed by atoms with Crippen molar-refractivity contribution < 1.29 is 9.53 Å². The summed E-state index contributed by atoms with van der Waals surface area (Å²) >= 11 is 5.94. The number of pyridine rings is 1. The Morgan fingerprint density at radius 2 is 2.15 bits per heavy atom. The van der Waals surface area contributed by atoms with Gasteiger partial charge in [-0.15, -0.1) is 0 Å². The molecule has 2 aromatic rings. The Bertz CT molecular complexity index is 602. The molecular formula is C15H15ClN2O2. The molecule has 0 unspecified atom stereocenters. The summed E-state index contributed by atoms with van der Waals surface area (Å²) in [4.78, 5) is 15.8. The van der Waals surface area contributed by atoms with Crippen molar-refractivity contribution in [3.05, 3.63) is 58.9 Å². The maximum Gasteiger partial charge on any atom is 0.254 e. The number of halogens is 1. The van der Waals surface area contributed by atoms with Crippen molar-refractivity contribution in [1.29, 1.82) is 0 Å². The van der Waals surface area contributed by atoms with E-state index in [0.29, 0.717) is 23.6 Å². The van der Waals surface area contributed by atoms with Crippen molar-refractivity contribution in [3.63, 3.8) is 0 Å². The zero-order valence-electron chi connectivity index (χ0n) is 11.1. The molecule has 0 bridgehead atoms. The van der Waals surface area contributed by atoms with Crippen LogP contribution < -0.4 is 10.1 Å². The van der Waals surface area contributed by atoms with Gasteiger partial charge in [-0.05, 0) is 24.1 Å². The summed E-state index contributed by atoms with van der Waals surface area (Å²) in [6.45, 7) is 0.504. The van der Waals surface area contributed by atoms with Gasteiger partial charge < -0.3 is 10.1 Å². The van der Waals surface area contributed by atoms with Crippen molar-refractivity contribution in [1.82, 2.24) is 10.3 Å². The number of nitrogens with zero attached hydrogens (tertiary/aromatic N) is 1. The molecule has 0 atom stereocenters. The van der Waals surface area contributed by atoms with Crippen molar-refractivity contribution >= 4 is 17.5 Å². The minimum atomic E-state index is -0.224. The van der Waals surface area contributed by atoms with Gasteiger partial charge in [-0.25, -0.2) is 0 Å². The molecule has 0 spiro atoms. The Morgan fingerprint density at radius 1 is 1.35 bits per heavy atom. The van der Waals surface area contributed by atoms with E-state index < -0.39 is 0 Å². The van der Waals surface area contributed by atoms with Gasteiger partial charge >= 0.3 is 0 Å². The number of aromatic nitrogens is 1. The van der Waals surface area contributed by atoms with E-state index in [9.17, 15) is 4.79 Å². The van der Waals surface area contributed by atoms with E-state index >= 15 is 0 Å². The Labute approximate surface area is 122 Å². The molecule has 0 aliphatic rings. The standard InChI is InChI=1S/C15H15ClN2O2/c1-20-14-5-3-2-4-11(14)6-9-18-15(19)12-10-17-8-7-13(12)16/h2-5,7-8,10H,6,9H2,1H3,(H,18,19). The lowest BCUT2D eigenvalue weighted by Gasteiger charge is -2.09. The van der Waals surface area contributed by atoms with Gasteiger partial charge in [0, 0.05) is 18.9 Å². The lowest BCUT2D eigenvalue weighted by molar-refractivity contribution is 0.0954. The van der Waals surface area contributed by atoms with E-state index in [-0.39, 0.29) is 5.91 Å². The maximum atomic E-state index is 11.9. The number of carbonyl (C=O) groups excluding carboxylic acids is 1. The first kappa shape index (κ1) is 14.3. The van der Waals surface area contributed by atoms with Gasteiger partial charge in [-0.1, -0.05) is 29.8 Å². The fourth-order valence-electron chi connectivity index (χ4n) is 1.86. The van der Waals surface area contributed by atoms with E-state index in [1.165, 1.54) is 6.20 Å². The van der Waals surface area contributed by atoms with Gasteiger partial charge in [-0.3, -0.25) is 9.78 Å².